The minimum atomic E-state index is 0.0552. The fourth-order valence-electron chi connectivity index (χ4n) is 4.78. The van der Waals surface area contributed by atoms with E-state index in [2.05, 4.69) is 82.5 Å². The van der Waals surface area contributed by atoms with Crippen molar-refractivity contribution in [1.29, 1.82) is 0 Å². The molecule has 1 N–H and O–H groups in total. The summed E-state index contributed by atoms with van der Waals surface area (Å²) >= 11 is 0. The van der Waals surface area contributed by atoms with Crippen molar-refractivity contribution in [2.24, 2.45) is 0 Å². The summed E-state index contributed by atoms with van der Waals surface area (Å²) in [6.07, 6.45) is 0. The van der Waals surface area contributed by atoms with Crippen molar-refractivity contribution in [3.63, 3.8) is 0 Å². The quantitative estimate of drug-likeness (QED) is 0.287. The summed E-state index contributed by atoms with van der Waals surface area (Å²) in [6, 6.07) is 29.6. The van der Waals surface area contributed by atoms with Gasteiger partial charge in [-0.25, -0.2) is 0 Å². The van der Waals surface area contributed by atoms with Crippen molar-refractivity contribution in [3.8, 4) is 22.6 Å². The van der Waals surface area contributed by atoms with Crippen LogP contribution in [0.2, 0.25) is 0 Å². The first-order valence-electron chi connectivity index (χ1n) is 12.0. The summed E-state index contributed by atoms with van der Waals surface area (Å²) in [5, 5.41) is 13.9. The number of aromatic hydroxyl groups is 1. The third-order valence-electron chi connectivity index (χ3n) is 6.84. The van der Waals surface area contributed by atoms with Gasteiger partial charge in [0.05, 0.1) is 16.7 Å². The van der Waals surface area contributed by atoms with Gasteiger partial charge in [0.1, 0.15) is 5.75 Å². The summed E-state index contributed by atoms with van der Waals surface area (Å²) in [7, 11) is 0. The van der Waals surface area contributed by atoms with E-state index >= 15 is 0 Å². The number of nitrogens with zero attached hydrogens (tertiary/aromatic N) is 1. The number of para-hydroxylation sites is 1. The second kappa shape index (κ2) is 7.77. The monoisotopic (exact) mass is 447 g/mol. The Bertz CT molecular complexity index is 1440. The molecule has 0 fully saturated rings. The second-order valence-corrected chi connectivity index (χ2v) is 11.3. The van der Waals surface area contributed by atoms with Crippen molar-refractivity contribution in [2.75, 3.05) is 0 Å². The van der Waals surface area contributed by atoms with Crippen LogP contribution in [0.4, 0.5) is 0 Å². The lowest BCUT2D eigenvalue weighted by atomic mass is 9.85. The van der Waals surface area contributed by atoms with Crippen LogP contribution >= 0.6 is 0 Å². The third kappa shape index (κ3) is 3.68. The molecule has 2 nitrogen and oxygen atoms in total. The molecule has 4 aromatic carbocycles. The molecular weight excluding hydrogens is 414 g/mol. The molecule has 0 atom stereocenters. The number of phenolic OH excluding ortho intramolecular Hbond substituents is 1. The van der Waals surface area contributed by atoms with Gasteiger partial charge in [-0.2, -0.15) is 0 Å². The van der Waals surface area contributed by atoms with E-state index in [4.69, 9.17) is 0 Å². The number of hydrogen-bond acceptors (Lipinski definition) is 1. The topological polar surface area (TPSA) is 25.2 Å². The highest BCUT2D eigenvalue weighted by Gasteiger charge is 2.22. The first-order valence-corrected chi connectivity index (χ1v) is 12.0. The molecule has 1 heterocycles. The van der Waals surface area contributed by atoms with E-state index in [1.54, 1.807) is 0 Å². The fraction of sp³-hybridized carbons (Fsp3) is 0.250. The van der Waals surface area contributed by atoms with Crippen LogP contribution in [-0.2, 0) is 10.8 Å². The summed E-state index contributed by atoms with van der Waals surface area (Å²) in [6.45, 7) is 13.5. The minimum absolute atomic E-state index is 0.0552. The number of benzene rings is 4. The number of aromatic nitrogens is 1. The zero-order chi connectivity index (χ0) is 24.3. The first-order chi connectivity index (χ1) is 16.1. The maximum atomic E-state index is 11.5. The van der Waals surface area contributed by atoms with Crippen LogP contribution < -0.4 is 0 Å². The third-order valence-corrected chi connectivity index (χ3v) is 6.84. The molecule has 5 aromatic rings. The lowest BCUT2D eigenvalue weighted by Gasteiger charge is -2.19. The van der Waals surface area contributed by atoms with Crippen LogP contribution in [-0.4, -0.2) is 9.67 Å². The van der Waals surface area contributed by atoms with E-state index in [1.807, 2.05) is 48.5 Å². The molecule has 1 aromatic heterocycles. The highest BCUT2D eigenvalue weighted by Crippen LogP contribution is 2.41. The normalized spacial score (nSPS) is 12.5. The molecule has 0 aliphatic rings. The minimum Gasteiger partial charge on any atom is -0.505 e. The van der Waals surface area contributed by atoms with E-state index in [0.29, 0.717) is 5.75 Å². The Morgan fingerprint density at radius 2 is 1.12 bits per heavy atom. The molecule has 0 spiro atoms. The smallest absolute Gasteiger partial charge is 0.147 e. The van der Waals surface area contributed by atoms with Crippen LogP contribution in [0, 0.1) is 0 Å². The fourth-order valence-corrected chi connectivity index (χ4v) is 4.78. The van der Waals surface area contributed by atoms with E-state index in [1.165, 1.54) is 21.9 Å². The Balaban J connectivity index is 1.86. The van der Waals surface area contributed by atoms with Gasteiger partial charge in [-0.15, -0.1) is 0 Å². The maximum Gasteiger partial charge on any atom is 0.147 e. The van der Waals surface area contributed by atoms with Crippen molar-refractivity contribution >= 4 is 21.8 Å². The molecule has 0 radical (unpaired) electrons. The second-order valence-electron chi connectivity index (χ2n) is 11.3. The molecule has 0 aliphatic carbocycles. The van der Waals surface area contributed by atoms with Gasteiger partial charge < -0.3 is 9.67 Å². The van der Waals surface area contributed by atoms with Crippen LogP contribution in [0.3, 0.4) is 0 Å². The van der Waals surface area contributed by atoms with Gasteiger partial charge in [0.2, 0.25) is 0 Å². The summed E-state index contributed by atoms with van der Waals surface area (Å²) in [5.41, 5.74) is 7.58. The number of fused-ring (bicyclic) bond motifs is 3. The molecule has 2 heteroatoms. The van der Waals surface area contributed by atoms with Gasteiger partial charge in [-0.1, -0.05) is 96.1 Å². The van der Waals surface area contributed by atoms with Crippen molar-refractivity contribution in [1.82, 2.24) is 4.57 Å². The van der Waals surface area contributed by atoms with Gasteiger partial charge in [0.15, 0.2) is 0 Å². The highest BCUT2D eigenvalue weighted by molar-refractivity contribution is 6.10. The van der Waals surface area contributed by atoms with Crippen LogP contribution in [0.1, 0.15) is 52.7 Å². The van der Waals surface area contributed by atoms with Gasteiger partial charge in [-0.3, -0.25) is 0 Å². The predicted molar refractivity (Wildman–Crippen MR) is 145 cm³/mol. The predicted octanol–water partition coefficient (Wildman–Crippen LogP) is 8.75. The van der Waals surface area contributed by atoms with E-state index in [0.717, 1.165) is 27.8 Å². The summed E-state index contributed by atoms with van der Waals surface area (Å²) in [5.74, 6) is 0.298. The standard InChI is InChI=1S/C32H33NO/c1-31(2,3)22-15-17-27-25(19-22)26-20-23(32(4,5)6)16-18-28(26)33(27)29-14-10-13-24(30(29)34)21-11-8-7-9-12-21/h7-20,34H,1-6H3. The molecule has 0 unspecified atom stereocenters. The largest absolute Gasteiger partial charge is 0.505 e. The maximum absolute atomic E-state index is 11.5. The Labute approximate surface area is 202 Å². The summed E-state index contributed by atoms with van der Waals surface area (Å²) < 4.78 is 2.21. The number of rotatable bonds is 2. The van der Waals surface area contributed by atoms with Gasteiger partial charge in [-0.05, 0) is 57.9 Å². The molecular formula is C32H33NO. The molecule has 0 aliphatic heterocycles. The van der Waals surface area contributed by atoms with Gasteiger partial charge in [0, 0.05) is 16.3 Å². The zero-order valence-electron chi connectivity index (χ0n) is 21.0. The van der Waals surface area contributed by atoms with Crippen molar-refractivity contribution in [3.05, 3.63) is 96.1 Å². The molecule has 0 saturated carbocycles. The lowest BCUT2D eigenvalue weighted by Crippen LogP contribution is -2.10. The van der Waals surface area contributed by atoms with Gasteiger partial charge >= 0.3 is 0 Å². The average Bonchev–Trinajstić information content (AvgIpc) is 3.12. The van der Waals surface area contributed by atoms with E-state index in [9.17, 15) is 5.11 Å². The molecule has 34 heavy (non-hydrogen) atoms. The summed E-state index contributed by atoms with van der Waals surface area (Å²) in [4.78, 5) is 0. The SMILES string of the molecule is CC(C)(C)c1ccc2c(c1)c1cc(C(C)(C)C)ccc1n2-c1cccc(-c2ccccc2)c1O. The molecule has 0 saturated heterocycles. The van der Waals surface area contributed by atoms with Crippen molar-refractivity contribution in [2.45, 2.75) is 52.4 Å². The molecule has 172 valence electrons. The number of phenols is 1. The van der Waals surface area contributed by atoms with Crippen LogP contribution in [0.25, 0.3) is 38.6 Å². The molecule has 5 rings (SSSR count). The van der Waals surface area contributed by atoms with Crippen molar-refractivity contribution < 1.29 is 5.11 Å². The highest BCUT2D eigenvalue weighted by atomic mass is 16.3. The number of hydrogen-bond donors (Lipinski definition) is 1. The van der Waals surface area contributed by atoms with Crippen LogP contribution in [0.5, 0.6) is 5.75 Å². The Kier molecular flexibility index (Phi) is 5.09. The average molecular weight is 448 g/mol. The Morgan fingerprint density at radius 1 is 0.588 bits per heavy atom. The lowest BCUT2D eigenvalue weighted by molar-refractivity contribution is 0.475. The first kappa shape index (κ1) is 22.3. The molecule has 0 amide bonds. The zero-order valence-corrected chi connectivity index (χ0v) is 21.0. The Hall–Kier alpha value is -3.52. The Morgan fingerprint density at radius 3 is 1.62 bits per heavy atom. The molecule has 0 bridgehead atoms. The van der Waals surface area contributed by atoms with Gasteiger partial charge in [0.25, 0.3) is 0 Å². The van der Waals surface area contributed by atoms with Crippen LogP contribution in [0.15, 0.2) is 84.9 Å². The van der Waals surface area contributed by atoms with E-state index in [-0.39, 0.29) is 10.8 Å². The van der Waals surface area contributed by atoms with E-state index < -0.39 is 0 Å².